The minimum atomic E-state index is -0.939. The van der Waals surface area contributed by atoms with Crippen LogP contribution < -0.4 is 16.0 Å². The molecule has 0 saturated carbocycles. The SMILES string of the molecule is NC(=O)c1nc(C2CN(c3nc4ccc(F)cc4o3)C2)cnc1Nc1cnn(CC(O)CO)c1. The van der Waals surface area contributed by atoms with Crippen molar-refractivity contribution in [2.75, 3.05) is 29.9 Å². The van der Waals surface area contributed by atoms with Crippen molar-refractivity contribution >= 4 is 34.5 Å². The Bertz CT molecular complexity index is 1350. The maximum absolute atomic E-state index is 13.4. The molecule has 176 valence electrons. The zero-order valence-electron chi connectivity index (χ0n) is 17.8. The summed E-state index contributed by atoms with van der Waals surface area (Å²) in [6.07, 6.45) is 3.71. The number of anilines is 3. The quantitative estimate of drug-likeness (QED) is 0.289. The molecular weight excluding hydrogens is 447 g/mol. The number of amides is 1. The van der Waals surface area contributed by atoms with E-state index in [-0.39, 0.29) is 30.6 Å². The number of nitrogens with one attached hydrogen (secondary N) is 1. The highest BCUT2D eigenvalue weighted by molar-refractivity contribution is 5.96. The molecule has 4 aromatic rings. The van der Waals surface area contributed by atoms with Crippen molar-refractivity contribution in [3.63, 3.8) is 0 Å². The molecule has 0 radical (unpaired) electrons. The van der Waals surface area contributed by atoms with Crippen molar-refractivity contribution < 1.29 is 23.8 Å². The number of hydrogen-bond acceptors (Lipinski definition) is 10. The number of carbonyl (C=O) groups is 1. The van der Waals surface area contributed by atoms with Crippen molar-refractivity contribution in [3.8, 4) is 0 Å². The molecule has 5 N–H and O–H groups in total. The fourth-order valence-electron chi connectivity index (χ4n) is 3.64. The summed E-state index contributed by atoms with van der Waals surface area (Å²) in [5.41, 5.74) is 7.56. The first-order valence-electron chi connectivity index (χ1n) is 10.5. The van der Waals surface area contributed by atoms with E-state index < -0.39 is 17.8 Å². The van der Waals surface area contributed by atoms with Gasteiger partial charge in [0, 0.05) is 31.3 Å². The number of rotatable bonds is 8. The van der Waals surface area contributed by atoms with E-state index in [1.54, 1.807) is 18.5 Å². The average molecular weight is 468 g/mol. The predicted octanol–water partition coefficient (Wildman–Crippen LogP) is 0.753. The third kappa shape index (κ3) is 4.25. The Morgan fingerprint density at radius 2 is 2.15 bits per heavy atom. The fourth-order valence-corrected chi connectivity index (χ4v) is 3.64. The number of nitrogens with two attached hydrogens (primary N) is 1. The first-order valence-corrected chi connectivity index (χ1v) is 10.5. The van der Waals surface area contributed by atoms with Crippen LogP contribution in [0.25, 0.3) is 11.1 Å². The average Bonchev–Trinajstić information content (AvgIpc) is 3.39. The van der Waals surface area contributed by atoms with Crippen molar-refractivity contribution in [3.05, 3.63) is 54.0 Å². The summed E-state index contributed by atoms with van der Waals surface area (Å²) in [6, 6.07) is 4.57. The van der Waals surface area contributed by atoms with Gasteiger partial charge in [-0.3, -0.25) is 9.48 Å². The predicted molar refractivity (Wildman–Crippen MR) is 118 cm³/mol. The first-order chi connectivity index (χ1) is 16.4. The molecule has 0 spiro atoms. The summed E-state index contributed by atoms with van der Waals surface area (Å²) in [5.74, 6) is -0.975. The summed E-state index contributed by atoms with van der Waals surface area (Å²) in [7, 11) is 0. The number of carbonyl (C=O) groups excluding carboxylic acids is 1. The number of nitrogens with zero attached hydrogens (tertiary/aromatic N) is 6. The van der Waals surface area contributed by atoms with Gasteiger partial charge >= 0.3 is 0 Å². The second kappa shape index (κ2) is 8.68. The molecule has 4 heterocycles. The van der Waals surface area contributed by atoms with Crippen LogP contribution >= 0.6 is 0 Å². The number of aromatic nitrogens is 5. The van der Waals surface area contributed by atoms with Gasteiger partial charge in [0.25, 0.3) is 11.9 Å². The summed E-state index contributed by atoms with van der Waals surface area (Å²) in [6.45, 7) is 0.799. The van der Waals surface area contributed by atoms with Crippen LogP contribution in [0.1, 0.15) is 22.1 Å². The van der Waals surface area contributed by atoms with Gasteiger partial charge in [0.05, 0.1) is 43.0 Å². The molecule has 34 heavy (non-hydrogen) atoms. The second-order valence-corrected chi connectivity index (χ2v) is 7.98. The van der Waals surface area contributed by atoms with E-state index >= 15 is 0 Å². The number of oxazole rings is 1. The van der Waals surface area contributed by atoms with E-state index in [1.807, 2.05) is 4.90 Å². The van der Waals surface area contributed by atoms with Gasteiger partial charge in [-0.05, 0) is 12.1 Å². The van der Waals surface area contributed by atoms with Crippen LogP contribution in [-0.4, -0.2) is 66.7 Å². The Morgan fingerprint density at radius 3 is 2.91 bits per heavy atom. The highest BCUT2D eigenvalue weighted by Crippen LogP contribution is 2.33. The van der Waals surface area contributed by atoms with E-state index in [9.17, 15) is 14.3 Å². The van der Waals surface area contributed by atoms with Crippen molar-refractivity contribution in [2.24, 2.45) is 5.73 Å². The van der Waals surface area contributed by atoms with Gasteiger partial charge in [-0.15, -0.1) is 0 Å². The number of halogens is 1. The van der Waals surface area contributed by atoms with Crippen molar-refractivity contribution in [1.29, 1.82) is 0 Å². The lowest BCUT2D eigenvalue weighted by molar-refractivity contribution is 0.0783. The van der Waals surface area contributed by atoms with E-state index in [0.29, 0.717) is 41.6 Å². The number of aliphatic hydroxyl groups is 2. The Hall–Kier alpha value is -4.10. The van der Waals surface area contributed by atoms with E-state index in [4.69, 9.17) is 15.3 Å². The molecule has 13 heteroatoms. The highest BCUT2D eigenvalue weighted by atomic mass is 19.1. The molecule has 3 aromatic heterocycles. The molecule has 1 fully saturated rings. The maximum Gasteiger partial charge on any atom is 0.298 e. The minimum absolute atomic E-state index is 0.0172. The molecule has 1 aliphatic rings. The Labute approximate surface area is 191 Å². The van der Waals surface area contributed by atoms with Gasteiger partial charge in [0.2, 0.25) is 0 Å². The highest BCUT2D eigenvalue weighted by Gasteiger charge is 2.33. The van der Waals surface area contributed by atoms with Gasteiger partial charge in [-0.1, -0.05) is 0 Å². The summed E-state index contributed by atoms with van der Waals surface area (Å²) in [5, 5.41) is 25.5. The van der Waals surface area contributed by atoms with Gasteiger partial charge in [-0.25, -0.2) is 14.4 Å². The molecule has 1 saturated heterocycles. The summed E-state index contributed by atoms with van der Waals surface area (Å²) in [4.78, 5) is 27.0. The number of primary amides is 1. The van der Waals surface area contributed by atoms with Crippen LogP contribution in [0.15, 0.2) is 41.2 Å². The second-order valence-electron chi connectivity index (χ2n) is 7.98. The van der Waals surface area contributed by atoms with Crippen molar-refractivity contribution in [1.82, 2.24) is 24.7 Å². The van der Waals surface area contributed by atoms with Crippen LogP contribution in [0.2, 0.25) is 0 Å². The Morgan fingerprint density at radius 1 is 1.32 bits per heavy atom. The Kier molecular flexibility index (Phi) is 5.55. The largest absolute Gasteiger partial charge is 0.423 e. The van der Waals surface area contributed by atoms with Crippen LogP contribution in [-0.2, 0) is 6.54 Å². The van der Waals surface area contributed by atoms with Gasteiger partial charge in [-0.2, -0.15) is 10.1 Å². The van der Waals surface area contributed by atoms with E-state index in [1.165, 1.54) is 23.0 Å². The van der Waals surface area contributed by atoms with Gasteiger partial charge in [0.1, 0.15) is 11.3 Å². The molecule has 1 amide bonds. The molecule has 0 bridgehead atoms. The zero-order chi connectivity index (χ0) is 23.8. The molecule has 0 aliphatic carbocycles. The van der Waals surface area contributed by atoms with Crippen LogP contribution in [0, 0.1) is 5.82 Å². The van der Waals surface area contributed by atoms with Crippen LogP contribution in [0.5, 0.6) is 0 Å². The lowest BCUT2D eigenvalue weighted by Crippen LogP contribution is -2.45. The normalized spacial score (nSPS) is 14.9. The first kappa shape index (κ1) is 21.7. The van der Waals surface area contributed by atoms with Crippen LogP contribution in [0.4, 0.5) is 21.9 Å². The third-order valence-electron chi connectivity index (χ3n) is 5.44. The standard InChI is InChI=1S/C21H21FN8O4/c22-12-1-2-15-17(3-12)34-21(28-15)29-6-11(7-29)16-5-24-20(18(27-16)19(23)33)26-13-4-25-30(8-13)9-14(32)10-31/h1-5,8,11,14,31-32H,6-7,9-10H2,(H2,23,33)(H,24,26). The third-order valence-corrected chi connectivity index (χ3v) is 5.44. The number of fused-ring (bicyclic) bond motifs is 1. The van der Waals surface area contributed by atoms with Crippen molar-refractivity contribution in [2.45, 2.75) is 18.6 Å². The monoisotopic (exact) mass is 468 g/mol. The summed E-state index contributed by atoms with van der Waals surface area (Å²) >= 11 is 0. The fraction of sp³-hybridized carbons (Fsp3) is 0.286. The maximum atomic E-state index is 13.4. The number of aliphatic hydroxyl groups excluding tert-OH is 2. The molecule has 1 unspecified atom stereocenters. The van der Waals surface area contributed by atoms with Crippen LogP contribution in [0.3, 0.4) is 0 Å². The molecule has 12 nitrogen and oxygen atoms in total. The van der Waals surface area contributed by atoms with E-state index in [0.717, 1.165) is 0 Å². The molecule has 5 rings (SSSR count). The molecule has 1 aromatic carbocycles. The smallest absolute Gasteiger partial charge is 0.298 e. The number of benzene rings is 1. The summed E-state index contributed by atoms with van der Waals surface area (Å²) < 4.78 is 20.5. The van der Waals surface area contributed by atoms with E-state index in [2.05, 4.69) is 25.4 Å². The number of hydrogen-bond donors (Lipinski definition) is 4. The molecular formula is C21H21FN8O4. The topological polar surface area (TPSA) is 168 Å². The lowest BCUT2D eigenvalue weighted by atomic mass is 9.97. The molecule has 1 atom stereocenters. The lowest BCUT2D eigenvalue weighted by Gasteiger charge is -2.37. The minimum Gasteiger partial charge on any atom is -0.423 e. The van der Waals surface area contributed by atoms with Gasteiger partial charge < -0.3 is 30.6 Å². The van der Waals surface area contributed by atoms with Gasteiger partial charge in [0.15, 0.2) is 17.1 Å². The molecule has 1 aliphatic heterocycles. The zero-order valence-corrected chi connectivity index (χ0v) is 17.8. The Balaban J connectivity index is 1.28.